The van der Waals surface area contributed by atoms with Gasteiger partial charge in [0.1, 0.15) is 0 Å². The topological polar surface area (TPSA) is 74.2 Å². The minimum atomic E-state index is -0.369. The van der Waals surface area contributed by atoms with Crippen LogP contribution in [0.2, 0.25) is 0 Å². The number of aryl methyl sites for hydroxylation is 1. The smallest absolute Gasteiger partial charge is 0.315 e. The van der Waals surface area contributed by atoms with Gasteiger partial charge >= 0.3 is 6.03 Å². The van der Waals surface area contributed by atoms with Gasteiger partial charge in [0.05, 0.1) is 23.4 Å². The number of aromatic nitrogens is 1. The molecule has 5 nitrogen and oxygen atoms in total. The van der Waals surface area contributed by atoms with Gasteiger partial charge in [-0.3, -0.25) is 0 Å². The van der Waals surface area contributed by atoms with E-state index in [0.717, 1.165) is 17.1 Å². The third-order valence-electron chi connectivity index (χ3n) is 2.83. The Bertz CT molecular complexity index is 393. The molecule has 0 aliphatic carbocycles. The number of thiazole rings is 1. The van der Waals surface area contributed by atoms with E-state index in [2.05, 4.69) is 22.5 Å². The summed E-state index contributed by atoms with van der Waals surface area (Å²) < 4.78 is 0. The van der Waals surface area contributed by atoms with Gasteiger partial charge in [-0.05, 0) is 18.8 Å². The molecule has 1 aromatic heterocycles. The molecule has 0 aromatic carbocycles. The van der Waals surface area contributed by atoms with Crippen LogP contribution in [0.5, 0.6) is 0 Å². The number of carbonyl (C=O) groups is 1. The van der Waals surface area contributed by atoms with Crippen molar-refractivity contribution >= 4 is 17.4 Å². The first-order chi connectivity index (χ1) is 9.02. The predicted molar refractivity (Wildman–Crippen MR) is 77.2 cm³/mol. The van der Waals surface area contributed by atoms with E-state index in [1.165, 1.54) is 0 Å². The average Bonchev–Trinajstić information content (AvgIpc) is 2.84. The number of amides is 2. The Labute approximate surface area is 118 Å². The lowest BCUT2D eigenvalue weighted by atomic mass is 10.0. The minimum Gasteiger partial charge on any atom is -0.393 e. The second kappa shape index (κ2) is 8.12. The second-order valence-corrected chi connectivity index (χ2v) is 5.74. The van der Waals surface area contributed by atoms with E-state index in [1.807, 2.05) is 19.2 Å². The summed E-state index contributed by atoms with van der Waals surface area (Å²) in [5, 5.41) is 18.1. The van der Waals surface area contributed by atoms with E-state index < -0.39 is 0 Å². The highest BCUT2D eigenvalue weighted by Crippen LogP contribution is 2.09. The van der Waals surface area contributed by atoms with Gasteiger partial charge in [-0.1, -0.05) is 20.8 Å². The van der Waals surface area contributed by atoms with Crippen molar-refractivity contribution in [3.63, 3.8) is 0 Å². The lowest BCUT2D eigenvalue weighted by Gasteiger charge is -2.14. The highest BCUT2D eigenvalue weighted by atomic mass is 32.1. The van der Waals surface area contributed by atoms with Crippen LogP contribution >= 0.6 is 11.3 Å². The highest BCUT2D eigenvalue weighted by Gasteiger charge is 2.09. The molecule has 0 aliphatic rings. The predicted octanol–water partition coefficient (Wildman–Crippen LogP) is 1.91. The number of aliphatic hydroxyl groups is 1. The van der Waals surface area contributed by atoms with Crippen LogP contribution in [0.4, 0.5) is 4.79 Å². The first kappa shape index (κ1) is 15.9. The molecule has 0 fully saturated rings. The summed E-state index contributed by atoms with van der Waals surface area (Å²) in [4.78, 5) is 15.9. The molecular formula is C13H23N3O2S. The van der Waals surface area contributed by atoms with E-state index >= 15 is 0 Å². The lowest BCUT2D eigenvalue weighted by Crippen LogP contribution is -2.37. The zero-order valence-corrected chi connectivity index (χ0v) is 12.6. The SMILES string of the molecule is CCc1nc(CNC(=O)NCCC(O)C(C)C)cs1. The minimum absolute atomic E-state index is 0.215. The van der Waals surface area contributed by atoms with Gasteiger partial charge in [0.2, 0.25) is 0 Å². The molecule has 3 N–H and O–H groups in total. The van der Waals surface area contributed by atoms with Crippen molar-refractivity contribution in [3.8, 4) is 0 Å². The Morgan fingerprint density at radius 2 is 2.21 bits per heavy atom. The molecule has 2 amide bonds. The summed E-state index contributed by atoms with van der Waals surface area (Å²) in [6.45, 7) is 6.89. The molecule has 108 valence electrons. The number of nitrogens with zero attached hydrogens (tertiary/aromatic N) is 1. The lowest BCUT2D eigenvalue weighted by molar-refractivity contribution is 0.116. The van der Waals surface area contributed by atoms with E-state index in [1.54, 1.807) is 11.3 Å². The van der Waals surface area contributed by atoms with E-state index in [0.29, 0.717) is 19.5 Å². The molecule has 0 saturated carbocycles. The number of carbonyl (C=O) groups excluding carboxylic acids is 1. The fraction of sp³-hybridized carbons (Fsp3) is 0.692. The van der Waals surface area contributed by atoms with Crippen LogP contribution in [-0.2, 0) is 13.0 Å². The van der Waals surface area contributed by atoms with Gasteiger partial charge in [0.15, 0.2) is 0 Å². The number of rotatable bonds is 7. The largest absolute Gasteiger partial charge is 0.393 e. The molecular weight excluding hydrogens is 262 g/mol. The van der Waals surface area contributed by atoms with Gasteiger partial charge < -0.3 is 15.7 Å². The van der Waals surface area contributed by atoms with Crippen LogP contribution in [0, 0.1) is 5.92 Å². The number of hydrogen-bond acceptors (Lipinski definition) is 4. The summed E-state index contributed by atoms with van der Waals surface area (Å²) in [6, 6.07) is -0.220. The van der Waals surface area contributed by atoms with Crippen LogP contribution in [0.1, 0.15) is 37.9 Å². The quantitative estimate of drug-likeness (QED) is 0.716. The van der Waals surface area contributed by atoms with Gasteiger partial charge in [0, 0.05) is 11.9 Å². The maximum Gasteiger partial charge on any atom is 0.315 e. The second-order valence-electron chi connectivity index (χ2n) is 4.80. The van der Waals surface area contributed by atoms with Crippen molar-refractivity contribution in [3.05, 3.63) is 16.1 Å². The number of aliphatic hydroxyl groups excluding tert-OH is 1. The normalized spacial score (nSPS) is 12.5. The monoisotopic (exact) mass is 285 g/mol. The highest BCUT2D eigenvalue weighted by molar-refractivity contribution is 7.09. The molecule has 0 radical (unpaired) electrons. The molecule has 1 unspecified atom stereocenters. The third-order valence-corrected chi connectivity index (χ3v) is 3.87. The van der Waals surface area contributed by atoms with Gasteiger partial charge in [0.25, 0.3) is 0 Å². The summed E-state index contributed by atoms with van der Waals surface area (Å²) in [7, 11) is 0. The Kier molecular flexibility index (Phi) is 6.80. The van der Waals surface area contributed by atoms with Crippen LogP contribution in [0.15, 0.2) is 5.38 Å². The molecule has 0 aliphatic heterocycles. The molecule has 1 heterocycles. The third kappa shape index (κ3) is 6.02. The Hall–Kier alpha value is -1.14. The van der Waals surface area contributed by atoms with E-state index in [9.17, 15) is 9.90 Å². The van der Waals surface area contributed by atoms with E-state index in [-0.39, 0.29) is 18.1 Å². The molecule has 1 rings (SSSR count). The Balaban J connectivity index is 2.17. The van der Waals surface area contributed by atoms with Crippen molar-refractivity contribution in [2.45, 2.75) is 46.3 Å². The summed E-state index contributed by atoms with van der Waals surface area (Å²) >= 11 is 1.61. The van der Waals surface area contributed by atoms with Gasteiger partial charge in [-0.25, -0.2) is 9.78 Å². The van der Waals surface area contributed by atoms with Crippen molar-refractivity contribution in [1.29, 1.82) is 0 Å². The van der Waals surface area contributed by atoms with Gasteiger partial charge in [-0.15, -0.1) is 11.3 Å². The molecule has 1 atom stereocenters. The summed E-state index contributed by atoms with van der Waals surface area (Å²) in [5.41, 5.74) is 0.888. The van der Waals surface area contributed by atoms with Crippen LogP contribution in [-0.4, -0.2) is 28.8 Å². The molecule has 0 spiro atoms. The number of nitrogens with one attached hydrogen (secondary N) is 2. The van der Waals surface area contributed by atoms with Crippen molar-refractivity contribution in [1.82, 2.24) is 15.6 Å². The van der Waals surface area contributed by atoms with E-state index in [4.69, 9.17) is 0 Å². The fourth-order valence-corrected chi connectivity index (χ4v) is 2.24. The summed E-state index contributed by atoms with van der Waals surface area (Å²) in [6.07, 6.45) is 1.12. The molecule has 0 bridgehead atoms. The molecule has 6 heteroatoms. The fourth-order valence-electron chi connectivity index (χ4n) is 1.49. The zero-order valence-electron chi connectivity index (χ0n) is 11.8. The molecule has 1 aromatic rings. The maximum atomic E-state index is 11.5. The number of hydrogen-bond donors (Lipinski definition) is 3. The van der Waals surface area contributed by atoms with Gasteiger partial charge in [-0.2, -0.15) is 0 Å². The molecule has 19 heavy (non-hydrogen) atoms. The summed E-state index contributed by atoms with van der Waals surface area (Å²) in [5.74, 6) is 0.215. The van der Waals surface area contributed by atoms with Crippen LogP contribution in [0.3, 0.4) is 0 Å². The van der Waals surface area contributed by atoms with Crippen LogP contribution in [0.25, 0.3) is 0 Å². The zero-order chi connectivity index (χ0) is 14.3. The number of urea groups is 1. The first-order valence-corrected chi connectivity index (χ1v) is 7.54. The molecule has 0 saturated heterocycles. The standard InChI is InChI=1S/C13H23N3O2S/c1-4-12-16-10(8-19-12)7-15-13(18)14-6-5-11(17)9(2)3/h8-9,11,17H,4-7H2,1-3H3,(H2,14,15,18). The Morgan fingerprint density at radius 3 is 2.79 bits per heavy atom. The van der Waals surface area contributed by atoms with Crippen molar-refractivity contribution < 1.29 is 9.90 Å². The maximum absolute atomic E-state index is 11.5. The van der Waals surface area contributed by atoms with Crippen molar-refractivity contribution in [2.24, 2.45) is 5.92 Å². The van der Waals surface area contributed by atoms with Crippen molar-refractivity contribution in [2.75, 3.05) is 6.54 Å². The Morgan fingerprint density at radius 1 is 1.47 bits per heavy atom. The van der Waals surface area contributed by atoms with Crippen LogP contribution < -0.4 is 10.6 Å². The first-order valence-electron chi connectivity index (χ1n) is 6.66. The average molecular weight is 285 g/mol.